The van der Waals surface area contributed by atoms with E-state index in [1.54, 1.807) is 6.92 Å². The first kappa shape index (κ1) is 13.8. The van der Waals surface area contributed by atoms with Crippen LogP contribution in [0, 0.1) is 16.0 Å². The van der Waals surface area contributed by atoms with Gasteiger partial charge in [-0.2, -0.15) is 0 Å². The number of nitro groups is 1. The van der Waals surface area contributed by atoms with Crippen LogP contribution in [0.4, 0.5) is 5.69 Å². The summed E-state index contributed by atoms with van der Waals surface area (Å²) in [6.07, 6.45) is -0.0339. The van der Waals surface area contributed by atoms with E-state index in [1.165, 1.54) is 31.4 Å². The van der Waals surface area contributed by atoms with Crippen LogP contribution in [-0.4, -0.2) is 23.8 Å². The average molecular weight is 251 g/mol. The average Bonchev–Trinajstić information content (AvgIpc) is 2.37. The number of methoxy groups -OCH3 is 1. The molecule has 0 bridgehead atoms. The van der Waals surface area contributed by atoms with E-state index in [0.717, 1.165) is 0 Å². The van der Waals surface area contributed by atoms with Crippen molar-refractivity contribution in [2.45, 2.75) is 13.3 Å². The van der Waals surface area contributed by atoms with Gasteiger partial charge in [-0.3, -0.25) is 19.7 Å². The molecule has 96 valence electrons. The minimum Gasteiger partial charge on any atom is -0.469 e. The summed E-state index contributed by atoms with van der Waals surface area (Å²) in [4.78, 5) is 33.0. The van der Waals surface area contributed by atoms with Gasteiger partial charge in [0.2, 0.25) is 0 Å². The van der Waals surface area contributed by atoms with Gasteiger partial charge >= 0.3 is 5.97 Å². The van der Waals surface area contributed by atoms with Gasteiger partial charge < -0.3 is 4.74 Å². The van der Waals surface area contributed by atoms with Crippen LogP contribution in [0.25, 0.3) is 0 Å². The second kappa shape index (κ2) is 5.90. The number of non-ortho nitro benzene ring substituents is 1. The Hall–Kier alpha value is -2.24. The monoisotopic (exact) mass is 251 g/mol. The third-order valence-corrected chi connectivity index (χ3v) is 2.47. The van der Waals surface area contributed by atoms with Crippen LogP contribution in [0.5, 0.6) is 0 Å². The summed E-state index contributed by atoms with van der Waals surface area (Å²) in [7, 11) is 1.25. The molecule has 0 heterocycles. The van der Waals surface area contributed by atoms with Gasteiger partial charge in [0.25, 0.3) is 5.69 Å². The predicted molar refractivity (Wildman–Crippen MR) is 63.2 cm³/mol. The molecule has 1 aromatic carbocycles. The lowest BCUT2D eigenvalue weighted by atomic mass is 9.99. The van der Waals surface area contributed by atoms with Gasteiger partial charge in [0.05, 0.1) is 18.0 Å². The maximum Gasteiger partial charge on any atom is 0.308 e. The molecule has 1 atom stereocenters. The standard InChI is InChI=1S/C12H13NO5/c1-8(12(15)18-2)6-11(14)9-4-3-5-10(7-9)13(16)17/h3-5,7-8H,6H2,1-2H3. The highest BCUT2D eigenvalue weighted by Crippen LogP contribution is 2.16. The molecule has 0 saturated carbocycles. The van der Waals surface area contributed by atoms with Crippen molar-refractivity contribution in [2.24, 2.45) is 5.92 Å². The molecule has 1 unspecified atom stereocenters. The summed E-state index contributed by atoms with van der Waals surface area (Å²) < 4.78 is 4.51. The van der Waals surface area contributed by atoms with Gasteiger partial charge in [0.15, 0.2) is 5.78 Å². The number of nitrogens with zero attached hydrogens (tertiary/aromatic N) is 1. The number of esters is 1. The molecule has 0 radical (unpaired) electrons. The van der Waals surface area contributed by atoms with Crippen molar-refractivity contribution in [1.82, 2.24) is 0 Å². The molecule has 0 aromatic heterocycles. The SMILES string of the molecule is COC(=O)C(C)CC(=O)c1cccc([N+](=O)[O-])c1. The van der Waals surface area contributed by atoms with Crippen LogP contribution in [0.1, 0.15) is 23.7 Å². The van der Waals surface area contributed by atoms with E-state index >= 15 is 0 Å². The van der Waals surface area contributed by atoms with Crippen LogP contribution < -0.4 is 0 Å². The highest BCUT2D eigenvalue weighted by Gasteiger charge is 2.19. The molecule has 0 amide bonds. The fourth-order valence-electron chi connectivity index (χ4n) is 1.47. The molecular formula is C12H13NO5. The molecule has 0 spiro atoms. The van der Waals surface area contributed by atoms with E-state index in [4.69, 9.17) is 0 Å². The van der Waals surface area contributed by atoms with Crippen LogP contribution in [0.15, 0.2) is 24.3 Å². The van der Waals surface area contributed by atoms with Gasteiger partial charge in [-0.05, 0) is 0 Å². The summed E-state index contributed by atoms with van der Waals surface area (Å²) in [5.41, 5.74) is 0.0755. The molecule has 0 aliphatic heterocycles. The van der Waals surface area contributed by atoms with Gasteiger partial charge in [0.1, 0.15) is 0 Å². The predicted octanol–water partition coefficient (Wildman–Crippen LogP) is 1.98. The second-order valence-electron chi connectivity index (χ2n) is 3.86. The number of carbonyl (C=O) groups is 2. The molecule has 1 rings (SSSR count). The number of ether oxygens (including phenoxy) is 1. The van der Waals surface area contributed by atoms with Crippen LogP contribution in [0.3, 0.4) is 0 Å². The summed E-state index contributed by atoms with van der Waals surface area (Å²) in [5, 5.41) is 10.6. The summed E-state index contributed by atoms with van der Waals surface area (Å²) in [6, 6.07) is 5.43. The smallest absolute Gasteiger partial charge is 0.308 e. The Morgan fingerprint density at radius 2 is 2.11 bits per heavy atom. The van der Waals surface area contributed by atoms with Crippen LogP contribution >= 0.6 is 0 Å². The van der Waals surface area contributed by atoms with E-state index in [0.29, 0.717) is 0 Å². The molecule has 0 saturated heterocycles. The number of hydrogen-bond acceptors (Lipinski definition) is 5. The Kier molecular flexibility index (Phi) is 4.53. The fourth-order valence-corrected chi connectivity index (χ4v) is 1.47. The maximum atomic E-state index is 11.8. The van der Waals surface area contributed by atoms with E-state index in [9.17, 15) is 19.7 Å². The number of rotatable bonds is 5. The number of hydrogen-bond donors (Lipinski definition) is 0. The summed E-state index contributed by atoms with van der Waals surface area (Å²) in [6.45, 7) is 1.57. The van der Waals surface area contributed by atoms with Gasteiger partial charge in [-0.25, -0.2) is 0 Å². The van der Waals surface area contributed by atoms with E-state index in [2.05, 4.69) is 4.74 Å². The Labute approximate surface area is 104 Å². The van der Waals surface area contributed by atoms with Gasteiger partial charge in [-0.15, -0.1) is 0 Å². The van der Waals surface area contributed by atoms with Gasteiger partial charge in [-0.1, -0.05) is 19.1 Å². The third kappa shape index (κ3) is 3.38. The van der Waals surface area contributed by atoms with Crippen molar-refractivity contribution in [3.05, 3.63) is 39.9 Å². The first-order valence-corrected chi connectivity index (χ1v) is 5.31. The Morgan fingerprint density at radius 1 is 1.44 bits per heavy atom. The Morgan fingerprint density at radius 3 is 2.67 bits per heavy atom. The van der Waals surface area contributed by atoms with Gasteiger partial charge in [0, 0.05) is 24.1 Å². The minimum absolute atomic E-state index is 0.0339. The number of Topliss-reactive ketones (excluding diaryl/α,β-unsaturated/α-hetero) is 1. The number of benzene rings is 1. The molecule has 0 aliphatic carbocycles. The van der Waals surface area contributed by atoms with Crippen molar-refractivity contribution in [3.63, 3.8) is 0 Å². The van der Waals surface area contributed by atoms with Crippen molar-refractivity contribution >= 4 is 17.4 Å². The highest BCUT2D eigenvalue weighted by atomic mass is 16.6. The lowest BCUT2D eigenvalue weighted by Gasteiger charge is -2.07. The van der Waals surface area contributed by atoms with Crippen molar-refractivity contribution in [1.29, 1.82) is 0 Å². The summed E-state index contributed by atoms with van der Waals surface area (Å²) >= 11 is 0. The zero-order chi connectivity index (χ0) is 13.7. The first-order valence-electron chi connectivity index (χ1n) is 5.31. The van der Waals surface area contributed by atoms with E-state index in [-0.39, 0.29) is 23.5 Å². The molecule has 6 nitrogen and oxygen atoms in total. The molecule has 1 aromatic rings. The largest absolute Gasteiger partial charge is 0.469 e. The molecule has 0 fully saturated rings. The quantitative estimate of drug-likeness (QED) is 0.345. The van der Waals surface area contributed by atoms with E-state index < -0.39 is 16.8 Å². The third-order valence-electron chi connectivity index (χ3n) is 2.47. The van der Waals surface area contributed by atoms with E-state index in [1.807, 2.05) is 0 Å². The molecular weight excluding hydrogens is 238 g/mol. The highest BCUT2D eigenvalue weighted by molar-refractivity contribution is 5.98. The fraction of sp³-hybridized carbons (Fsp3) is 0.333. The van der Waals surface area contributed by atoms with Crippen molar-refractivity contribution < 1.29 is 19.2 Å². The maximum absolute atomic E-state index is 11.8. The first-order chi connectivity index (χ1) is 8.45. The minimum atomic E-state index is -0.569. The number of carbonyl (C=O) groups excluding carboxylic acids is 2. The molecule has 0 N–H and O–H groups in total. The topological polar surface area (TPSA) is 86.5 Å². The van der Waals surface area contributed by atoms with Crippen molar-refractivity contribution in [2.75, 3.05) is 7.11 Å². The van der Waals surface area contributed by atoms with Crippen LogP contribution in [0.2, 0.25) is 0 Å². The lowest BCUT2D eigenvalue weighted by molar-refractivity contribution is -0.384. The molecule has 18 heavy (non-hydrogen) atoms. The normalized spacial score (nSPS) is 11.7. The number of nitro benzene ring substituents is 1. The second-order valence-corrected chi connectivity index (χ2v) is 3.86. The lowest BCUT2D eigenvalue weighted by Crippen LogP contribution is -2.16. The molecule has 0 aliphatic rings. The summed E-state index contributed by atoms with van der Waals surface area (Å²) in [5.74, 6) is -1.37. The Balaban J connectivity index is 2.81. The zero-order valence-corrected chi connectivity index (χ0v) is 10.1. The van der Waals surface area contributed by atoms with Crippen LogP contribution in [-0.2, 0) is 9.53 Å². The number of ketones is 1. The van der Waals surface area contributed by atoms with Crippen molar-refractivity contribution in [3.8, 4) is 0 Å². The zero-order valence-electron chi connectivity index (χ0n) is 10.1. The Bertz CT molecular complexity index is 483. The molecule has 6 heteroatoms.